The van der Waals surface area contributed by atoms with Crippen molar-refractivity contribution >= 4 is 43.4 Å². The highest BCUT2D eigenvalue weighted by Gasteiger charge is 2.33. The summed E-state index contributed by atoms with van der Waals surface area (Å²) in [6.07, 6.45) is 0.0594. The number of anilines is 1. The van der Waals surface area contributed by atoms with Gasteiger partial charge in [0.1, 0.15) is 0 Å². The van der Waals surface area contributed by atoms with Crippen molar-refractivity contribution in [3.63, 3.8) is 0 Å². The van der Waals surface area contributed by atoms with Crippen molar-refractivity contribution < 1.29 is 17.1 Å². The van der Waals surface area contributed by atoms with Gasteiger partial charge in [0.25, 0.3) is 0 Å². The summed E-state index contributed by atoms with van der Waals surface area (Å²) >= 11 is 1.47. The van der Waals surface area contributed by atoms with Crippen molar-refractivity contribution in [1.82, 2.24) is 4.98 Å². The summed E-state index contributed by atoms with van der Waals surface area (Å²) in [4.78, 5) is 17.6. The van der Waals surface area contributed by atoms with Crippen LogP contribution >= 0.6 is 11.3 Å². The lowest BCUT2D eigenvalue weighted by molar-refractivity contribution is -0.117. The maximum Gasteiger partial charge on any atom is 0.302 e. The van der Waals surface area contributed by atoms with Crippen molar-refractivity contribution in [3.8, 4) is 0 Å². The lowest BCUT2D eigenvalue weighted by atomic mass is 10.1. The van der Waals surface area contributed by atoms with Gasteiger partial charge in [-0.25, -0.2) is 4.98 Å². The van der Waals surface area contributed by atoms with Crippen LogP contribution < -0.4 is 4.90 Å². The fourth-order valence-electron chi connectivity index (χ4n) is 2.44. The van der Waals surface area contributed by atoms with E-state index >= 15 is 0 Å². The van der Waals surface area contributed by atoms with E-state index < -0.39 is 21.9 Å². The molecule has 0 aliphatic carbocycles. The molecule has 0 N–H and O–H groups in total. The molecule has 1 unspecified atom stereocenters. The minimum Gasteiger partial charge on any atom is -0.312 e. The smallest absolute Gasteiger partial charge is 0.302 e. The molecule has 0 bridgehead atoms. The summed E-state index contributed by atoms with van der Waals surface area (Å²) in [5, 5.41) is 0. The van der Waals surface area contributed by atoms with E-state index in [1.807, 2.05) is 12.1 Å². The molecular formula is C12H11FN2O3S2. The molecule has 1 aromatic carbocycles. The van der Waals surface area contributed by atoms with Gasteiger partial charge >= 0.3 is 10.2 Å². The molecule has 2 heterocycles. The number of carbonyl (C=O) groups is 1. The summed E-state index contributed by atoms with van der Waals surface area (Å²) in [5.74, 6) is -1.27. The second-order valence-electron chi connectivity index (χ2n) is 4.78. The maximum absolute atomic E-state index is 12.7. The molecule has 20 heavy (non-hydrogen) atoms. The van der Waals surface area contributed by atoms with Gasteiger partial charge in [0.2, 0.25) is 5.91 Å². The number of fused-ring (bicyclic) bond motifs is 1. The maximum atomic E-state index is 12.7. The van der Waals surface area contributed by atoms with E-state index in [1.54, 1.807) is 11.6 Å². The molecule has 1 saturated heterocycles. The first-order valence-electron chi connectivity index (χ1n) is 5.98. The Bertz CT molecular complexity index is 772. The summed E-state index contributed by atoms with van der Waals surface area (Å²) in [7, 11) is -4.55. The molecule has 0 spiro atoms. The van der Waals surface area contributed by atoms with Gasteiger partial charge in [-0.15, -0.1) is 15.2 Å². The molecule has 106 valence electrons. The molecule has 1 aromatic heterocycles. The molecule has 1 aliphatic heterocycles. The van der Waals surface area contributed by atoms with Gasteiger partial charge in [0.05, 0.1) is 21.5 Å². The van der Waals surface area contributed by atoms with Crippen molar-refractivity contribution in [2.45, 2.75) is 6.42 Å². The summed E-state index contributed by atoms with van der Waals surface area (Å²) in [5.41, 5.74) is 3.28. The predicted octanol–water partition coefficient (Wildman–Crippen LogP) is 1.95. The van der Waals surface area contributed by atoms with Crippen LogP contribution in [0.3, 0.4) is 0 Å². The van der Waals surface area contributed by atoms with E-state index in [9.17, 15) is 17.1 Å². The van der Waals surface area contributed by atoms with Gasteiger partial charge < -0.3 is 4.90 Å². The second-order valence-corrected chi connectivity index (χ2v) is 7.08. The first kappa shape index (κ1) is 13.4. The Labute approximate surface area is 119 Å². The van der Waals surface area contributed by atoms with E-state index in [-0.39, 0.29) is 18.9 Å². The normalized spacial score (nSPS) is 19.9. The van der Waals surface area contributed by atoms with Crippen molar-refractivity contribution in [2.24, 2.45) is 5.92 Å². The van der Waals surface area contributed by atoms with Gasteiger partial charge in [-0.05, 0) is 18.2 Å². The zero-order chi connectivity index (χ0) is 14.3. The number of carbonyl (C=O) groups excluding carboxylic acids is 1. The first-order chi connectivity index (χ1) is 9.42. The molecule has 5 nitrogen and oxygen atoms in total. The number of benzene rings is 1. The van der Waals surface area contributed by atoms with Crippen LogP contribution in [0.15, 0.2) is 23.7 Å². The molecule has 1 atom stereocenters. The summed E-state index contributed by atoms with van der Waals surface area (Å²) < 4.78 is 35.0. The van der Waals surface area contributed by atoms with Gasteiger partial charge in [0, 0.05) is 24.6 Å². The monoisotopic (exact) mass is 314 g/mol. The lowest BCUT2D eigenvalue weighted by Gasteiger charge is -2.16. The summed E-state index contributed by atoms with van der Waals surface area (Å²) in [6, 6.07) is 5.43. The van der Waals surface area contributed by atoms with Crippen LogP contribution in [0.25, 0.3) is 10.2 Å². The van der Waals surface area contributed by atoms with Gasteiger partial charge in [-0.3, -0.25) is 4.79 Å². The van der Waals surface area contributed by atoms with E-state index in [0.29, 0.717) is 5.69 Å². The zero-order valence-electron chi connectivity index (χ0n) is 10.3. The minimum absolute atomic E-state index is 0.0594. The number of amides is 1. The molecular weight excluding hydrogens is 303 g/mol. The highest BCUT2D eigenvalue weighted by Crippen LogP contribution is 2.29. The Morgan fingerprint density at radius 3 is 3.00 bits per heavy atom. The van der Waals surface area contributed by atoms with E-state index in [2.05, 4.69) is 4.98 Å². The molecule has 2 aromatic rings. The quantitative estimate of drug-likeness (QED) is 0.812. The fraction of sp³-hybridized carbons (Fsp3) is 0.333. The molecule has 8 heteroatoms. The third kappa shape index (κ3) is 2.66. The van der Waals surface area contributed by atoms with Gasteiger partial charge in [-0.2, -0.15) is 8.42 Å². The van der Waals surface area contributed by atoms with Crippen LogP contribution in [-0.4, -0.2) is 31.6 Å². The topological polar surface area (TPSA) is 67.3 Å². The number of halogens is 1. The number of hydrogen-bond donors (Lipinski definition) is 0. The first-order valence-corrected chi connectivity index (χ1v) is 8.41. The van der Waals surface area contributed by atoms with E-state index in [1.165, 1.54) is 16.2 Å². The highest BCUT2D eigenvalue weighted by molar-refractivity contribution is 7.86. The van der Waals surface area contributed by atoms with Crippen molar-refractivity contribution in [1.29, 1.82) is 0 Å². The fourth-order valence-corrected chi connectivity index (χ4v) is 3.93. The third-order valence-electron chi connectivity index (χ3n) is 3.27. The zero-order valence-corrected chi connectivity index (χ0v) is 12.0. The van der Waals surface area contributed by atoms with Crippen LogP contribution in [0, 0.1) is 5.92 Å². The highest BCUT2D eigenvalue weighted by atomic mass is 32.3. The molecule has 3 rings (SSSR count). The molecule has 1 aliphatic rings. The van der Waals surface area contributed by atoms with Crippen molar-refractivity contribution in [2.75, 3.05) is 17.2 Å². The Morgan fingerprint density at radius 2 is 2.25 bits per heavy atom. The number of thiazole rings is 1. The van der Waals surface area contributed by atoms with Crippen LogP contribution in [0.2, 0.25) is 0 Å². The average molecular weight is 314 g/mol. The molecule has 0 saturated carbocycles. The number of aromatic nitrogens is 1. The molecule has 0 radical (unpaired) electrons. The number of hydrogen-bond acceptors (Lipinski definition) is 5. The van der Waals surface area contributed by atoms with E-state index in [0.717, 1.165) is 10.2 Å². The van der Waals surface area contributed by atoms with Crippen molar-refractivity contribution in [3.05, 3.63) is 23.7 Å². The minimum atomic E-state index is -4.55. The second kappa shape index (κ2) is 4.78. The Balaban J connectivity index is 1.85. The number of nitrogens with zero attached hydrogens (tertiary/aromatic N) is 2. The standard InChI is InChI=1S/C12H11FN2O3S2/c13-20(17,18)6-8-3-12(16)15(5-8)9-1-2-10-11(4-9)19-7-14-10/h1-2,4,7-8H,3,5-6H2. The SMILES string of the molecule is O=C1CC(CS(=O)(=O)F)CN1c1ccc2ncsc2c1. The van der Waals surface area contributed by atoms with Crippen LogP contribution in [0.1, 0.15) is 6.42 Å². The molecule has 1 amide bonds. The van der Waals surface area contributed by atoms with E-state index in [4.69, 9.17) is 0 Å². The Kier molecular flexibility index (Phi) is 3.21. The Morgan fingerprint density at radius 1 is 1.45 bits per heavy atom. The summed E-state index contributed by atoms with van der Waals surface area (Å²) in [6.45, 7) is 0.228. The molecule has 1 fully saturated rings. The van der Waals surface area contributed by atoms with Crippen LogP contribution in [0.4, 0.5) is 9.57 Å². The lowest BCUT2D eigenvalue weighted by Crippen LogP contribution is -2.25. The van der Waals surface area contributed by atoms with Crippen LogP contribution in [0.5, 0.6) is 0 Å². The van der Waals surface area contributed by atoms with Crippen LogP contribution in [-0.2, 0) is 15.0 Å². The largest absolute Gasteiger partial charge is 0.312 e. The van der Waals surface area contributed by atoms with Gasteiger partial charge in [-0.1, -0.05) is 0 Å². The number of rotatable bonds is 3. The van der Waals surface area contributed by atoms with Gasteiger partial charge in [0.15, 0.2) is 0 Å². The predicted molar refractivity (Wildman–Crippen MR) is 75.0 cm³/mol. The third-order valence-corrected chi connectivity index (χ3v) is 4.93. The Hall–Kier alpha value is -1.54. The average Bonchev–Trinajstić information content (AvgIpc) is 2.92.